The number of carbonyl (C=O) groups excluding carboxylic acids is 2. The third kappa shape index (κ3) is 8.76. The first-order chi connectivity index (χ1) is 16.2. The van der Waals surface area contributed by atoms with E-state index in [1.807, 2.05) is 6.92 Å². The average Bonchev–Trinajstić information content (AvgIpc) is 2.70. The first-order valence-electron chi connectivity index (χ1n) is 11.2. The number of amides is 2. The SMILES string of the molecule is CCNc1ccc([N+](=O)[O-])c(Nc2cccc(CN(C(=O)OC(C)(C)C)C(=O)OC(C)(C)C)c2)n1. The molecule has 190 valence electrons. The van der Waals surface area contributed by atoms with E-state index in [1.165, 1.54) is 12.1 Å². The van der Waals surface area contributed by atoms with Crippen LogP contribution in [0.2, 0.25) is 0 Å². The summed E-state index contributed by atoms with van der Waals surface area (Å²) in [6.07, 6.45) is -1.69. The number of nitro groups is 1. The number of imide groups is 1. The molecule has 2 rings (SSSR count). The molecule has 0 fully saturated rings. The van der Waals surface area contributed by atoms with E-state index in [0.717, 1.165) is 4.90 Å². The van der Waals surface area contributed by atoms with Crippen molar-refractivity contribution in [3.05, 3.63) is 52.1 Å². The summed E-state index contributed by atoms with van der Waals surface area (Å²) in [6.45, 7) is 12.6. The smallest absolute Gasteiger partial charge is 0.420 e. The van der Waals surface area contributed by atoms with Crippen LogP contribution < -0.4 is 10.6 Å². The summed E-state index contributed by atoms with van der Waals surface area (Å²) in [5.74, 6) is 0.541. The molecule has 0 spiro atoms. The zero-order chi connectivity index (χ0) is 26.4. The Hall–Kier alpha value is -3.89. The van der Waals surface area contributed by atoms with Crippen LogP contribution >= 0.6 is 0 Å². The fourth-order valence-electron chi connectivity index (χ4n) is 2.88. The van der Waals surface area contributed by atoms with Crippen LogP contribution in [0.1, 0.15) is 54.0 Å². The van der Waals surface area contributed by atoms with Crippen LogP contribution in [0, 0.1) is 10.1 Å². The van der Waals surface area contributed by atoms with Crippen LogP contribution in [0.25, 0.3) is 0 Å². The molecule has 11 nitrogen and oxygen atoms in total. The number of hydrogen-bond acceptors (Lipinski definition) is 9. The lowest BCUT2D eigenvalue weighted by Gasteiger charge is -2.28. The lowest BCUT2D eigenvalue weighted by molar-refractivity contribution is -0.384. The van der Waals surface area contributed by atoms with Crippen molar-refractivity contribution in [1.29, 1.82) is 0 Å². The number of benzene rings is 1. The van der Waals surface area contributed by atoms with Gasteiger partial charge in [-0.15, -0.1) is 0 Å². The number of hydrogen-bond donors (Lipinski definition) is 2. The highest BCUT2D eigenvalue weighted by atomic mass is 16.6. The van der Waals surface area contributed by atoms with Crippen molar-refractivity contribution in [1.82, 2.24) is 9.88 Å². The van der Waals surface area contributed by atoms with Crippen LogP contribution in [0.15, 0.2) is 36.4 Å². The van der Waals surface area contributed by atoms with E-state index in [-0.39, 0.29) is 18.1 Å². The minimum absolute atomic E-state index is 0.0572. The number of pyridine rings is 1. The lowest BCUT2D eigenvalue weighted by Crippen LogP contribution is -2.43. The molecule has 2 amide bonds. The van der Waals surface area contributed by atoms with Gasteiger partial charge in [-0.3, -0.25) is 10.1 Å². The molecule has 2 aromatic rings. The molecule has 0 saturated heterocycles. The van der Waals surface area contributed by atoms with Gasteiger partial charge in [0.15, 0.2) is 0 Å². The molecule has 1 aromatic heterocycles. The van der Waals surface area contributed by atoms with Gasteiger partial charge in [0.05, 0.1) is 11.5 Å². The predicted molar refractivity (Wildman–Crippen MR) is 133 cm³/mol. The van der Waals surface area contributed by atoms with E-state index in [1.54, 1.807) is 65.8 Å². The zero-order valence-electron chi connectivity index (χ0n) is 21.2. The number of nitrogens with one attached hydrogen (secondary N) is 2. The fraction of sp³-hybridized carbons (Fsp3) is 0.458. The molecule has 0 radical (unpaired) electrons. The first kappa shape index (κ1) is 27.4. The fourth-order valence-corrected chi connectivity index (χ4v) is 2.88. The quantitative estimate of drug-likeness (QED) is 0.365. The van der Waals surface area contributed by atoms with Crippen molar-refractivity contribution in [3.8, 4) is 0 Å². The Morgan fingerprint density at radius 2 is 1.63 bits per heavy atom. The number of anilines is 3. The monoisotopic (exact) mass is 487 g/mol. The highest BCUT2D eigenvalue weighted by molar-refractivity contribution is 5.88. The van der Waals surface area contributed by atoms with E-state index in [4.69, 9.17) is 9.47 Å². The van der Waals surface area contributed by atoms with Crippen molar-refractivity contribution in [2.45, 2.75) is 66.2 Å². The Bertz CT molecular complexity index is 1050. The largest absolute Gasteiger partial charge is 0.443 e. The summed E-state index contributed by atoms with van der Waals surface area (Å²) in [5, 5.41) is 17.4. The molecule has 1 aromatic carbocycles. The minimum Gasteiger partial charge on any atom is -0.443 e. The van der Waals surface area contributed by atoms with Gasteiger partial charge >= 0.3 is 17.9 Å². The number of rotatable bonds is 7. The Labute approximate surface area is 205 Å². The highest BCUT2D eigenvalue weighted by Crippen LogP contribution is 2.28. The second-order valence-electron chi connectivity index (χ2n) is 9.72. The molecule has 35 heavy (non-hydrogen) atoms. The molecule has 1 heterocycles. The first-order valence-corrected chi connectivity index (χ1v) is 11.2. The maximum atomic E-state index is 12.8. The topological polar surface area (TPSA) is 136 Å². The molecule has 0 aliphatic carbocycles. The van der Waals surface area contributed by atoms with Gasteiger partial charge in [0.25, 0.3) is 0 Å². The standard InChI is InChI=1S/C24H33N5O6/c1-8-25-19-13-12-18(29(32)33)20(27-19)26-17-11-9-10-16(14-17)15-28(21(30)34-23(2,3)4)22(31)35-24(5,6)7/h9-14H,8,15H2,1-7H3,(H2,25,26,27). The molecular weight excluding hydrogens is 454 g/mol. The van der Waals surface area contributed by atoms with Gasteiger partial charge in [-0.2, -0.15) is 0 Å². The van der Waals surface area contributed by atoms with Crippen molar-refractivity contribution >= 4 is 35.2 Å². The van der Waals surface area contributed by atoms with E-state index in [9.17, 15) is 19.7 Å². The van der Waals surface area contributed by atoms with Crippen molar-refractivity contribution in [3.63, 3.8) is 0 Å². The Morgan fingerprint density at radius 1 is 1.03 bits per heavy atom. The summed E-state index contributed by atoms with van der Waals surface area (Å²) < 4.78 is 10.8. The van der Waals surface area contributed by atoms with Crippen molar-refractivity contribution in [2.24, 2.45) is 0 Å². The van der Waals surface area contributed by atoms with E-state index < -0.39 is 28.3 Å². The van der Waals surface area contributed by atoms with E-state index in [0.29, 0.717) is 23.6 Å². The molecule has 11 heteroatoms. The second kappa shape index (κ2) is 11.0. The molecule has 2 N–H and O–H groups in total. The van der Waals surface area contributed by atoms with Crippen LogP contribution in [-0.2, 0) is 16.0 Å². The summed E-state index contributed by atoms with van der Waals surface area (Å²) >= 11 is 0. The normalized spacial score (nSPS) is 11.4. The predicted octanol–water partition coefficient (Wildman–Crippen LogP) is 5.84. The molecular formula is C24H33N5O6. The summed E-state index contributed by atoms with van der Waals surface area (Å²) in [5.41, 5.74) is -0.773. The Kier molecular flexibility index (Phi) is 8.62. The third-order valence-corrected chi connectivity index (χ3v) is 4.19. The number of aromatic nitrogens is 1. The van der Waals surface area contributed by atoms with Gasteiger partial charge in [0.2, 0.25) is 5.82 Å². The zero-order valence-corrected chi connectivity index (χ0v) is 21.2. The summed E-state index contributed by atoms with van der Waals surface area (Å²) in [7, 11) is 0. The maximum Gasteiger partial charge on any atom is 0.420 e. The highest BCUT2D eigenvalue weighted by Gasteiger charge is 2.31. The Morgan fingerprint density at radius 3 is 2.14 bits per heavy atom. The van der Waals surface area contributed by atoms with Gasteiger partial charge in [0, 0.05) is 18.3 Å². The molecule has 0 atom stereocenters. The number of ether oxygens (including phenoxy) is 2. The summed E-state index contributed by atoms with van der Waals surface area (Å²) in [4.78, 5) is 41.7. The van der Waals surface area contributed by atoms with Gasteiger partial charge in [0.1, 0.15) is 17.0 Å². The number of nitrogens with zero attached hydrogens (tertiary/aromatic N) is 3. The minimum atomic E-state index is -0.847. The average molecular weight is 488 g/mol. The van der Waals surface area contributed by atoms with Crippen LogP contribution in [0.5, 0.6) is 0 Å². The van der Waals surface area contributed by atoms with Crippen molar-refractivity contribution in [2.75, 3.05) is 17.2 Å². The second-order valence-corrected chi connectivity index (χ2v) is 9.72. The van der Waals surface area contributed by atoms with Crippen LogP contribution in [-0.4, -0.2) is 44.7 Å². The van der Waals surface area contributed by atoms with Gasteiger partial charge in [-0.1, -0.05) is 12.1 Å². The number of carbonyl (C=O) groups is 2. The Balaban J connectivity index is 2.34. The van der Waals surface area contributed by atoms with E-state index in [2.05, 4.69) is 15.6 Å². The van der Waals surface area contributed by atoms with Gasteiger partial charge < -0.3 is 20.1 Å². The molecule has 0 unspecified atom stereocenters. The van der Waals surface area contributed by atoms with Crippen LogP contribution in [0.4, 0.5) is 32.6 Å². The summed E-state index contributed by atoms with van der Waals surface area (Å²) in [6, 6.07) is 9.66. The lowest BCUT2D eigenvalue weighted by atomic mass is 10.2. The van der Waals surface area contributed by atoms with Crippen LogP contribution in [0.3, 0.4) is 0 Å². The van der Waals surface area contributed by atoms with Crippen molar-refractivity contribution < 1.29 is 24.0 Å². The van der Waals surface area contributed by atoms with Gasteiger partial charge in [-0.05, 0) is 72.2 Å². The van der Waals surface area contributed by atoms with E-state index >= 15 is 0 Å². The van der Waals surface area contributed by atoms with Gasteiger partial charge in [-0.25, -0.2) is 19.5 Å². The molecule has 0 aliphatic rings. The molecule has 0 saturated carbocycles. The maximum absolute atomic E-state index is 12.8. The molecule has 0 aliphatic heterocycles. The molecule has 0 bridgehead atoms. The third-order valence-electron chi connectivity index (χ3n) is 4.19.